The summed E-state index contributed by atoms with van der Waals surface area (Å²) >= 11 is 0. The molecule has 1 saturated heterocycles. The van der Waals surface area contributed by atoms with Crippen LogP contribution < -0.4 is 0 Å². The lowest BCUT2D eigenvalue weighted by Gasteiger charge is -2.54. The molecule has 4 aliphatic rings. The fraction of sp³-hybridized carbons (Fsp3) is 0.767. The summed E-state index contributed by atoms with van der Waals surface area (Å²) in [5.41, 5.74) is -5.18. The van der Waals surface area contributed by atoms with Gasteiger partial charge < -0.3 is 59.8 Å². The SMILES string of the molecule is CC(/C=C/[C@@]1(O)C(C)(C)C[C@H](O)C[C@@]1(C)O)=C\C(=O)O[C@@H]1C[C@](C)(O)[C@H]2[C@H](O[C@@H]3O[C@H](CO)[C@@H](O)[C@H](O)[C@H]3O)OC=C[C@H]21. The lowest BCUT2D eigenvalue weighted by molar-refractivity contribution is -0.346. The van der Waals surface area contributed by atoms with Gasteiger partial charge in [-0.1, -0.05) is 19.9 Å². The smallest absolute Gasteiger partial charge is 0.331 e. The molecular formula is C30H46O13. The Morgan fingerprint density at radius 2 is 1.65 bits per heavy atom. The molecule has 13 nitrogen and oxygen atoms in total. The van der Waals surface area contributed by atoms with Crippen molar-refractivity contribution in [2.24, 2.45) is 17.3 Å². The number of carbonyl (C=O) groups excluding carboxylic acids is 1. The Morgan fingerprint density at radius 1 is 0.977 bits per heavy atom. The number of hydrogen-bond donors (Lipinski definition) is 8. The molecule has 244 valence electrons. The van der Waals surface area contributed by atoms with Crippen LogP contribution in [0, 0.1) is 17.3 Å². The molecule has 0 aromatic carbocycles. The molecule has 13 atom stereocenters. The number of aliphatic hydroxyl groups excluding tert-OH is 5. The second-order valence-electron chi connectivity index (χ2n) is 13.5. The second kappa shape index (κ2) is 12.1. The minimum Gasteiger partial charge on any atom is -0.472 e. The van der Waals surface area contributed by atoms with E-state index in [-0.39, 0.29) is 19.3 Å². The zero-order valence-electron chi connectivity index (χ0n) is 25.1. The predicted octanol–water partition coefficient (Wildman–Crippen LogP) is -0.863. The van der Waals surface area contributed by atoms with Gasteiger partial charge in [0, 0.05) is 30.3 Å². The maximum absolute atomic E-state index is 12.9. The van der Waals surface area contributed by atoms with Crippen molar-refractivity contribution in [1.82, 2.24) is 0 Å². The van der Waals surface area contributed by atoms with Crippen LogP contribution in [0.4, 0.5) is 0 Å². The van der Waals surface area contributed by atoms with Crippen LogP contribution in [0.15, 0.2) is 36.1 Å². The summed E-state index contributed by atoms with van der Waals surface area (Å²) in [6.07, 6.45) is -2.90. The molecule has 2 heterocycles. The van der Waals surface area contributed by atoms with Gasteiger partial charge in [-0.3, -0.25) is 0 Å². The van der Waals surface area contributed by atoms with Crippen LogP contribution in [0.25, 0.3) is 0 Å². The van der Waals surface area contributed by atoms with Crippen LogP contribution in [0.1, 0.15) is 53.9 Å². The Bertz CT molecular complexity index is 1090. The van der Waals surface area contributed by atoms with Crippen molar-refractivity contribution in [3.8, 4) is 0 Å². The van der Waals surface area contributed by atoms with Gasteiger partial charge in [-0.15, -0.1) is 0 Å². The number of aliphatic hydroxyl groups is 8. The summed E-state index contributed by atoms with van der Waals surface area (Å²) < 4.78 is 22.5. The first kappa shape index (κ1) is 34.0. The van der Waals surface area contributed by atoms with Crippen molar-refractivity contribution in [2.45, 2.75) is 120 Å². The molecule has 4 rings (SSSR count). The average molecular weight is 615 g/mol. The topological polar surface area (TPSA) is 216 Å². The average Bonchev–Trinajstić information content (AvgIpc) is 3.15. The van der Waals surface area contributed by atoms with Crippen molar-refractivity contribution in [3.63, 3.8) is 0 Å². The van der Waals surface area contributed by atoms with Crippen molar-refractivity contribution in [3.05, 3.63) is 36.1 Å². The normalized spacial score (nSPS) is 48.2. The van der Waals surface area contributed by atoms with E-state index in [4.69, 9.17) is 18.9 Å². The second-order valence-corrected chi connectivity index (χ2v) is 13.5. The predicted molar refractivity (Wildman–Crippen MR) is 148 cm³/mol. The molecule has 0 amide bonds. The molecule has 2 saturated carbocycles. The Hall–Kier alpha value is -1.91. The summed E-state index contributed by atoms with van der Waals surface area (Å²) in [6.45, 7) is 7.49. The molecule has 0 radical (unpaired) electrons. The first-order valence-corrected chi connectivity index (χ1v) is 14.5. The molecule has 0 aromatic heterocycles. The molecule has 2 aliphatic carbocycles. The quantitative estimate of drug-likeness (QED) is 0.0996. The Labute approximate surface area is 250 Å². The van der Waals surface area contributed by atoms with E-state index in [0.717, 1.165) is 0 Å². The zero-order valence-corrected chi connectivity index (χ0v) is 25.1. The number of allylic oxidation sites excluding steroid dienone is 2. The molecule has 0 aromatic rings. The van der Waals surface area contributed by atoms with Gasteiger partial charge in [0.25, 0.3) is 0 Å². The fourth-order valence-electron chi connectivity index (χ4n) is 7.13. The van der Waals surface area contributed by atoms with Crippen LogP contribution in [0.3, 0.4) is 0 Å². The van der Waals surface area contributed by atoms with Gasteiger partial charge in [-0.25, -0.2) is 4.79 Å². The van der Waals surface area contributed by atoms with Crippen LogP contribution in [0.2, 0.25) is 0 Å². The summed E-state index contributed by atoms with van der Waals surface area (Å²) in [5.74, 6) is -2.04. The Morgan fingerprint density at radius 3 is 2.28 bits per heavy atom. The van der Waals surface area contributed by atoms with Gasteiger partial charge in [0.15, 0.2) is 6.29 Å². The first-order valence-electron chi connectivity index (χ1n) is 14.5. The molecule has 3 fully saturated rings. The Kier molecular flexibility index (Phi) is 9.58. The van der Waals surface area contributed by atoms with Gasteiger partial charge in [0.2, 0.25) is 6.29 Å². The van der Waals surface area contributed by atoms with E-state index in [1.165, 1.54) is 38.3 Å². The fourth-order valence-corrected chi connectivity index (χ4v) is 7.13. The van der Waals surface area contributed by atoms with E-state index in [9.17, 15) is 45.6 Å². The van der Waals surface area contributed by atoms with E-state index in [1.807, 2.05) is 0 Å². The molecule has 8 N–H and O–H groups in total. The third-order valence-corrected chi connectivity index (χ3v) is 9.53. The Balaban J connectivity index is 1.45. The first-order chi connectivity index (χ1) is 19.8. The molecular weight excluding hydrogens is 568 g/mol. The minimum atomic E-state index is -1.68. The van der Waals surface area contributed by atoms with Crippen molar-refractivity contribution >= 4 is 5.97 Å². The summed E-state index contributed by atoms with van der Waals surface area (Å²) in [4.78, 5) is 12.9. The summed E-state index contributed by atoms with van der Waals surface area (Å²) in [6, 6.07) is 0. The lowest BCUT2D eigenvalue weighted by Crippen LogP contribution is -2.65. The van der Waals surface area contributed by atoms with E-state index < -0.39 is 95.8 Å². The van der Waals surface area contributed by atoms with Crippen LogP contribution in [-0.2, 0) is 23.7 Å². The maximum atomic E-state index is 12.9. The van der Waals surface area contributed by atoms with E-state index >= 15 is 0 Å². The van der Waals surface area contributed by atoms with Gasteiger partial charge in [0.1, 0.15) is 36.1 Å². The van der Waals surface area contributed by atoms with Crippen molar-refractivity contribution in [1.29, 1.82) is 0 Å². The van der Waals surface area contributed by atoms with Crippen LogP contribution >= 0.6 is 0 Å². The third kappa shape index (κ3) is 6.43. The van der Waals surface area contributed by atoms with E-state index in [0.29, 0.717) is 5.57 Å². The number of carbonyl (C=O) groups is 1. The standard InChI is InChI=1S/C30H46O13/c1-15(6-8-30(39)27(2,3)11-16(32)12-29(30,5)38)10-20(33)41-18-13-28(4,37)21-17(18)7-9-40-25(21)43-26-24(36)23(35)22(34)19(14-31)42-26/h6-10,16-19,21-26,31-32,34-39H,11-14H2,1-5H3/b8-6+,15-10+/t16-,17-,18+,19+,21+,22+,23-,24+,25-,26-,28-,29+,30+/m0/s1. The minimum absolute atomic E-state index is 0.00937. The molecule has 0 unspecified atom stereocenters. The monoisotopic (exact) mass is 614 g/mol. The van der Waals surface area contributed by atoms with Crippen molar-refractivity contribution in [2.75, 3.05) is 6.61 Å². The largest absolute Gasteiger partial charge is 0.472 e. The van der Waals surface area contributed by atoms with Gasteiger partial charge in [-0.05, 0) is 44.9 Å². The van der Waals surface area contributed by atoms with Crippen LogP contribution in [-0.4, -0.2) is 119 Å². The van der Waals surface area contributed by atoms with Gasteiger partial charge in [-0.2, -0.15) is 0 Å². The van der Waals surface area contributed by atoms with E-state index in [2.05, 4.69) is 0 Å². The lowest BCUT2D eigenvalue weighted by atomic mass is 9.57. The molecule has 43 heavy (non-hydrogen) atoms. The zero-order chi connectivity index (χ0) is 32.1. The van der Waals surface area contributed by atoms with Gasteiger partial charge in [0.05, 0.1) is 36.1 Å². The highest BCUT2D eigenvalue weighted by Crippen LogP contribution is 2.50. The third-order valence-electron chi connectivity index (χ3n) is 9.53. The molecule has 2 aliphatic heterocycles. The van der Waals surface area contributed by atoms with Crippen LogP contribution in [0.5, 0.6) is 0 Å². The molecule has 13 heteroatoms. The van der Waals surface area contributed by atoms with E-state index in [1.54, 1.807) is 26.8 Å². The number of ether oxygens (including phenoxy) is 4. The maximum Gasteiger partial charge on any atom is 0.331 e. The molecule has 0 bridgehead atoms. The number of esters is 1. The summed E-state index contributed by atoms with van der Waals surface area (Å²) in [5, 5.41) is 83.8. The number of fused-ring (bicyclic) bond motifs is 1. The summed E-state index contributed by atoms with van der Waals surface area (Å²) in [7, 11) is 0. The van der Waals surface area contributed by atoms with Crippen molar-refractivity contribution < 1.29 is 64.6 Å². The molecule has 0 spiro atoms. The highest BCUT2D eigenvalue weighted by Gasteiger charge is 2.59. The van der Waals surface area contributed by atoms with Gasteiger partial charge >= 0.3 is 5.97 Å². The number of hydrogen-bond acceptors (Lipinski definition) is 13. The highest BCUT2D eigenvalue weighted by atomic mass is 16.8. The number of rotatable bonds is 7. The highest BCUT2D eigenvalue weighted by molar-refractivity contribution is 5.83.